The van der Waals surface area contributed by atoms with Crippen LogP contribution >= 0.6 is 11.8 Å². The zero-order chi connectivity index (χ0) is 14.7. The van der Waals surface area contributed by atoms with Crippen molar-refractivity contribution in [2.75, 3.05) is 0 Å². The van der Waals surface area contributed by atoms with Crippen LogP contribution < -0.4 is 11.3 Å². The molecule has 21 heavy (non-hydrogen) atoms. The molecule has 7 heteroatoms. The summed E-state index contributed by atoms with van der Waals surface area (Å²) in [5, 5.41) is 1.82. The summed E-state index contributed by atoms with van der Waals surface area (Å²) >= 11 is 1.48. The monoisotopic (exact) mass is 300 g/mol. The number of para-hydroxylation sites is 1. The number of nitrogens with two attached hydrogens (primary N) is 1. The number of carbonyl (C=O) groups excluding carboxylic acids is 1. The number of nitrogens with one attached hydrogen (secondary N) is 1. The van der Waals surface area contributed by atoms with Crippen LogP contribution in [0, 0.1) is 0 Å². The maximum absolute atomic E-state index is 11.6. The number of benzene rings is 1. The fourth-order valence-corrected chi connectivity index (χ4v) is 2.90. The van der Waals surface area contributed by atoms with Gasteiger partial charge in [-0.2, -0.15) is 0 Å². The quantitative estimate of drug-likeness (QED) is 0.252. The minimum atomic E-state index is -0.369. The van der Waals surface area contributed by atoms with Crippen molar-refractivity contribution in [3.63, 3.8) is 0 Å². The third kappa shape index (κ3) is 2.74. The van der Waals surface area contributed by atoms with Crippen molar-refractivity contribution >= 4 is 28.6 Å². The number of hydrazine groups is 1. The molecule has 0 bridgehead atoms. The van der Waals surface area contributed by atoms with Crippen LogP contribution in [0.2, 0.25) is 0 Å². The second kappa shape index (κ2) is 5.94. The first-order valence-corrected chi connectivity index (χ1v) is 7.18. The molecule has 1 amide bonds. The summed E-state index contributed by atoms with van der Waals surface area (Å²) in [5.74, 6) is 5.82. The van der Waals surface area contributed by atoms with Crippen molar-refractivity contribution in [1.29, 1.82) is 0 Å². The van der Waals surface area contributed by atoms with Gasteiger partial charge in [-0.1, -0.05) is 30.0 Å². The van der Waals surface area contributed by atoms with Gasteiger partial charge in [-0.05, 0) is 12.1 Å². The molecule has 3 aromatic rings. The van der Waals surface area contributed by atoms with Crippen LogP contribution in [0.15, 0.2) is 52.4 Å². The van der Waals surface area contributed by atoms with Gasteiger partial charge in [-0.3, -0.25) is 10.2 Å². The van der Waals surface area contributed by atoms with Crippen LogP contribution in [-0.2, 0) is 5.75 Å². The van der Waals surface area contributed by atoms with E-state index in [1.807, 2.05) is 24.3 Å². The summed E-state index contributed by atoms with van der Waals surface area (Å²) in [6, 6.07) is 9.36. The third-order valence-electron chi connectivity index (χ3n) is 2.97. The lowest BCUT2D eigenvalue weighted by molar-refractivity contribution is 0.0952. The van der Waals surface area contributed by atoms with E-state index in [0.717, 1.165) is 15.9 Å². The topological polar surface area (TPSA) is 94.0 Å². The minimum absolute atomic E-state index is 0.369. The maximum Gasteiger partial charge on any atom is 0.268 e. The molecule has 106 valence electrons. The van der Waals surface area contributed by atoms with E-state index < -0.39 is 0 Å². The molecule has 0 saturated heterocycles. The fourth-order valence-electron chi connectivity index (χ4n) is 1.96. The van der Waals surface area contributed by atoms with Crippen LogP contribution in [0.4, 0.5) is 0 Å². The first-order chi connectivity index (χ1) is 10.3. The second-order valence-corrected chi connectivity index (χ2v) is 5.18. The first-order valence-electron chi connectivity index (χ1n) is 6.19. The number of hydrogen-bond acceptors (Lipinski definition) is 6. The van der Waals surface area contributed by atoms with Gasteiger partial charge in [-0.15, -0.1) is 0 Å². The molecule has 0 aliphatic heterocycles. The summed E-state index contributed by atoms with van der Waals surface area (Å²) in [4.78, 5) is 20.1. The summed E-state index contributed by atoms with van der Waals surface area (Å²) in [5.41, 5.74) is 3.42. The van der Waals surface area contributed by atoms with E-state index in [1.54, 1.807) is 6.07 Å². The van der Waals surface area contributed by atoms with Crippen molar-refractivity contribution in [3.8, 4) is 0 Å². The van der Waals surface area contributed by atoms with E-state index >= 15 is 0 Å². The van der Waals surface area contributed by atoms with Crippen LogP contribution in [0.5, 0.6) is 0 Å². The average Bonchev–Trinajstić information content (AvgIpc) is 3.00. The number of fused-ring (bicyclic) bond motifs is 1. The summed E-state index contributed by atoms with van der Waals surface area (Å²) in [6.45, 7) is 0. The molecule has 0 spiro atoms. The molecule has 3 N–H and O–H groups in total. The highest BCUT2D eigenvalue weighted by Gasteiger charge is 2.14. The van der Waals surface area contributed by atoms with E-state index in [4.69, 9.17) is 10.3 Å². The Labute approximate surface area is 124 Å². The zero-order valence-electron chi connectivity index (χ0n) is 10.9. The number of nitrogen functional groups attached to an aromatic ring is 1. The fraction of sp³-hybridized carbons (Fsp3) is 0.0714. The van der Waals surface area contributed by atoms with Crippen LogP contribution in [0.1, 0.15) is 16.1 Å². The number of hydrogen-bond donors (Lipinski definition) is 2. The SMILES string of the molecule is NNC(=O)c1ccoc1CSc1ncnc2ccccc12. The van der Waals surface area contributed by atoms with Gasteiger partial charge in [-0.25, -0.2) is 15.8 Å². The maximum atomic E-state index is 11.6. The predicted molar refractivity (Wildman–Crippen MR) is 79.5 cm³/mol. The number of rotatable bonds is 4. The molecular weight excluding hydrogens is 288 g/mol. The van der Waals surface area contributed by atoms with Crippen molar-refractivity contribution in [3.05, 3.63) is 54.2 Å². The van der Waals surface area contributed by atoms with E-state index in [0.29, 0.717) is 17.1 Å². The van der Waals surface area contributed by atoms with Gasteiger partial charge in [0.05, 0.1) is 23.1 Å². The molecule has 0 aliphatic carbocycles. The van der Waals surface area contributed by atoms with Gasteiger partial charge in [0, 0.05) is 5.39 Å². The van der Waals surface area contributed by atoms with Crippen molar-refractivity contribution in [1.82, 2.24) is 15.4 Å². The number of carbonyl (C=O) groups is 1. The molecule has 0 atom stereocenters. The molecule has 2 aromatic heterocycles. The highest BCUT2D eigenvalue weighted by molar-refractivity contribution is 7.98. The number of thioether (sulfide) groups is 1. The Hall–Kier alpha value is -2.38. The standard InChI is InChI=1S/C14H12N4O2S/c15-18-13(19)10-5-6-20-12(10)7-21-14-9-3-1-2-4-11(9)16-8-17-14/h1-6,8H,7,15H2,(H,18,19). The van der Waals surface area contributed by atoms with E-state index in [-0.39, 0.29) is 5.91 Å². The molecule has 6 nitrogen and oxygen atoms in total. The summed E-state index contributed by atoms with van der Waals surface area (Å²) in [7, 11) is 0. The Balaban J connectivity index is 1.84. The lowest BCUT2D eigenvalue weighted by Gasteiger charge is -2.04. The van der Waals surface area contributed by atoms with Crippen LogP contribution in [0.25, 0.3) is 10.9 Å². The summed E-state index contributed by atoms with van der Waals surface area (Å²) < 4.78 is 5.34. The number of nitrogens with zero attached hydrogens (tertiary/aromatic N) is 2. The Bertz CT molecular complexity index is 782. The Morgan fingerprint density at radius 1 is 1.29 bits per heavy atom. The Morgan fingerprint density at radius 3 is 3.00 bits per heavy atom. The molecule has 0 fully saturated rings. The summed E-state index contributed by atoms with van der Waals surface area (Å²) in [6.07, 6.45) is 3.00. The minimum Gasteiger partial charge on any atom is -0.468 e. The van der Waals surface area contributed by atoms with E-state index in [9.17, 15) is 4.79 Å². The lowest BCUT2D eigenvalue weighted by atomic mass is 10.2. The highest BCUT2D eigenvalue weighted by Crippen LogP contribution is 2.28. The Morgan fingerprint density at radius 2 is 2.14 bits per heavy atom. The van der Waals surface area contributed by atoms with Gasteiger partial charge >= 0.3 is 0 Å². The predicted octanol–water partition coefficient (Wildman–Crippen LogP) is 2.12. The van der Waals surface area contributed by atoms with Crippen LogP contribution in [0.3, 0.4) is 0 Å². The normalized spacial score (nSPS) is 10.7. The van der Waals surface area contributed by atoms with Gasteiger partial charge in [0.15, 0.2) is 0 Å². The van der Waals surface area contributed by atoms with Crippen molar-refractivity contribution in [2.45, 2.75) is 10.8 Å². The van der Waals surface area contributed by atoms with Gasteiger partial charge in [0.2, 0.25) is 0 Å². The Kier molecular flexibility index (Phi) is 3.85. The highest BCUT2D eigenvalue weighted by atomic mass is 32.2. The average molecular weight is 300 g/mol. The van der Waals surface area contributed by atoms with Crippen molar-refractivity contribution < 1.29 is 9.21 Å². The molecule has 0 saturated carbocycles. The molecule has 3 rings (SSSR count). The largest absolute Gasteiger partial charge is 0.468 e. The molecule has 0 radical (unpaired) electrons. The zero-order valence-corrected chi connectivity index (χ0v) is 11.8. The molecule has 2 heterocycles. The number of aromatic nitrogens is 2. The number of amides is 1. The van der Waals surface area contributed by atoms with Crippen molar-refractivity contribution in [2.24, 2.45) is 5.84 Å². The van der Waals surface area contributed by atoms with Crippen LogP contribution in [-0.4, -0.2) is 15.9 Å². The third-order valence-corrected chi connectivity index (χ3v) is 3.97. The van der Waals surface area contributed by atoms with E-state index in [1.165, 1.54) is 24.4 Å². The lowest BCUT2D eigenvalue weighted by Crippen LogP contribution is -2.30. The molecule has 0 unspecified atom stereocenters. The van der Waals surface area contributed by atoms with Gasteiger partial charge < -0.3 is 4.42 Å². The molecule has 0 aliphatic rings. The smallest absolute Gasteiger partial charge is 0.268 e. The number of furan rings is 1. The second-order valence-electron chi connectivity index (χ2n) is 4.22. The molecular formula is C14H12N4O2S. The van der Waals surface area contributed by atoms with E-state index in [2.05, 4.69) is 15.4 Å². The van der Waals surface area contributed by atoms with Gasteiger partial charge in [0.25, 0.3) is 5.91 Å². The molecule has 1 aromatic carbocycles. The van der Waals surface area contributed by atoms with Gasteiger partial charge in [0.1, 0.15) is 17.1 Å². The first kappa shape index (κ1) is 13.6.